The van der Waals surface area contributed by atoms with Crippen LogP contribution in [-0.4, -0.2) is 40.2 Å². The molecule has 2 N–H and O–H groups in total. The minimum atomic E-state index is -4.53. The van der Waals surface area contributed by atoms with E-state index in [2.05, 4.69) is 67.2 Å². The zero-order valence-electron chi connectivity index (χ0n) is 35.1. The van der Waals surface area contributed by atoms with Crippen molar-refractivity contribution in [3.05, 3.63) is 141 Å². The molecule has 0 radical (unpaired) electrons. The van der Waals surface area contributed by atoms with E-state index in [0.29, 0.717) is 48.8 Å². The van der Waals surface area contributed by atoms with E-state index in [1.54, 1.807) is 12.1 Å². The molecule has 2 bridgehead atoms. The van der Waals surface area contributed by atoms with Crippen LogP contribution < -0.4 is 16.2 Å². The first-order chi connectivity index (χ1) is 29.1. The summed E-state index contributed by atoms with van der Waals surface area (Å²) in [5.41, 5.74) is 0.783. The van der Waals surface area contributed by atoms with Crippen LogP contribution in [0.3, 0.4) is 0 Å². The van der Waals surface area contributed by atoms with Crippen molar-refractivity contribution in [2.24, 2.45) is 17.3 Å². The number of fused-ring (bicyclic) bond motifs is 1. The molecule has 61 heavy (non-hydrogen) atoms. The van der Waals surface area contributed by atoms with Crippen LogP contribution in [0.2, 0.25) is 5.15 Å². The van der Waals surface area contributed by atoms with Crippen LogP contribution in [-0.2, 0) is 45.1 Å². The zero-order chi connectivity index (χ0) is 43.2. The van der Waals surface area contributed by atoms with Crippen molar-refractivity contribution in [1.29, 1.82) is 0 Å². The normalized spacial score (nSPS) is 24.9. The van der Waals surface area contributed by atoms with Crippen molar-refractivity contribution in [2.75, 3.05) is 5.32 Å². The van der Waals surface area contributed by atoms with Crippen molar-refractivity contribution in [1.82, 2.24) is 14.9 Å². The summed E-state index contributed by atoms with van der Waals surface area (Å²) in [6, 6.07) is 24.3. The minimum Gasteiger partial charge on any atom is -0.404 e. The standard InChI is InChI=1S/C48H55BClF3N4O4/c1-5-15-39(49-60-38-28-35-27-37(45(35,2)3)46(38,4)61-49)55-43(58)36-29-47(24-13-21-31-16-8-6-9-17-31,25-14-22-32-18-10-7-11-19-32)40-41(50)56-42(44(59)57(36)40)54-30-33-20-12-23-34(26-33)48(51,52)53/h5-12,16-20,23,26,35-39H,1,13-15,21-22,24-25,27-30H2,2-4H3,(H,54,56)(H,55,58)/t35-,36-,37-,38+,39-,46-/m0/s1. The monoisotopic (exact) mass is 854 g/mol. The highest BCUT2D eigenvalue weighted by molar-refractivity contribution is 6.48. The van der Waals surface area contributed by atoms with Crippen LogP contribution in [0.5, 0.6) is 0 Å². The van der Waals surface area contributed by atoms with Gasteiger partial charge in [0, 0.05) is 12.0 Å². The molecule has 6 atom stereocenters. The molecule has 3 heterocycles. The Balaban J connectivity index is 1.13. The Morgan fingerprint density at radius 1 is 0.984 bits per heavy atom. The van der Waals surface area contributed by atoms with Crippen LogP contribution in [0.25, 0.3) is 0 Å². The molecule has 322 valence electrons. The third-order valence-electron chi connectivity index (χ3n) is 14.5. The number of benzene rings is 3. The number of aryl methyl sites for hydroxylation is 2. The van der Waals surface area contributed by atoms with Gasteiger partial charge in [0.1, 0.15) is 6.04 Å². The topological polar surface area (TPSA) is 94.5 Å². The van der Waals surface area contributed by atoms with Gasteiger partial charge in [-0.2, -0.15) is 13.2 Å². The van der Waals surface area contributed by atoms with Crippen molar-refractivity contribution in [3.8, 4) is 0 Å². The summed E-state index contributed by atoms with van der Waals surface area (Å²) in [4.78, 5) is 34.4. The molecule has 1 saturated heterocycles. The van der Waals surface area contributed by atoms with Crippen molar-refractivity contribution >= 4 is 30.4 Å². The Labute approximate surface area is 361 Å². The van der Waals surface area contributed by atoms with Crippen molar-refractivity contribution in [3.63, 3.8) is 0 Å². The molecule has 5 aliphatic rings. The number of nitrogens with one attached hydrogen (secondary N) is 2. The van der Waals surface area contributed by atoms with E-state index in [1.165, 1.54) is 21.8 Å². The van der Waals surface area contributed by atoms with Gasteiger partial charge < -0.3 is 19.9 Å². The highest BCUT2D eigenvalue weighted by Gasteiger charge is 2.68. The van der Waals surface area contributed by atoms with Crippen molar-refractivity contribution in [2.45, 2.75) is 127 Å². The largest absolute Gasteiger partial charge is 0.482 e. The second-order valence-electron chi connectivity index (χ2n) is 18.5. The first-order valence-corrected chi connectivity index (χ1v) is 22.1. The second kappa shape index (κ2) is 17.1. The smallest absolute Gasteiger partial charge is 0.404 e. The molecule has 0 spiro atoms. The van der Waals surface area contributed by atoms with E-state index in [4.69, 9.17) is 20.9 Å². The molecule has 3 aliphatic carbocycles. The van der Waals surface area contributed by atoms with Gasteiger partial charge in [-0.1, -0.05) is 104 Å². The molecule has 4 aromatic rings. The summed E-state index contributed by atoms with van der Waals surface area (Å²) in [5, 5.41) is 6.31. The van der Waals surface area contributed by atoms with E-state index in [-0.39, 0.29) is 34.9 Å². The maximum atomic E-state index is 15.0. The van der Waals surface area contributed by atoms with Gasteiger partial charge in [-0.15, -0.1) is 6.58 Å². The molecule has 4 fully saturated rings. The maximum Gasteiger partial charge on any atom is 0.482 e. The van der Waals surface area contributed by atoms with Gasteiger partial charge in [0.2, 0.25) is 5.91 Å². The van der Waals surface area contributed by atoms with Crippen LogP contribution >= 0.6 is 11.6 Å². The van der Waals surface area contributed by atoms with Gasteiger partial charge in [-0.25, -0.2) is 4.98 Å². The Morgan fingerprint density at radius 3 is 2.23 bits per heavy atom. The fourth-order valence-electron chi connectivity index (χ4n) is 11.1. The molecule has 0 unspecified atom stereocenters. The van der Waals surface area contributed by atoms with E-state index < -0.39 is 47.4 Å². The molecule has 8 nitrogen and oxygen atoms in total. The van der Waals surface area contributed by atoms with Crippen LogP contribution in [0.1, 0.15) is 106 Å². The lowest BCUT2D eigenvalue weighted by atomic mass is 9.43. The second-order valence-corrected chi connectivity index (χ2v) is 18.8. The summed E-state index contributed by atoms with van der Waals surface area (Å²) in [7, 11) is -0.711. The number of hydrogen-bond acceptors (Lipinski definition) is 6. The molecule has 1 amide bonds. The van der Waals surface area contributed by atoms with Gasteiger partial charge in [0.15, 0.2) is 11.0 Å². The number of hydrogen-bond donors (Lipinski definition) is 2. The number of rotatable bonds is 16. The third kappa shape index (κ3) is 8.44. The fourth-order valence-corrected chi connectivity index (χ4v) is 11.5. The zero-order valence-corrected chi connectivity index (χ0v) is 35.9. The number of carbonyl (C=O) groups is 1. The lowest BCUT2D eigenvalue weighted by Gasteiger charge is -2.64. The highest BCUT2D eigenvalue weighted by atomic mass is 35.5. The molecule has 3 aromatic carbocycles. The summed E-state index contributed by atoms with van der Waals surface area (Å²) < 4.78 is 55.7. The third-order valence-corrected chi connectivity index (χ3v) is 14.7. The van der Waals surface area contributed by atoms with E-state index in [0.717, 1.165) is 50.7 Å². The predicted molar refractivity (Wildman–Crippen MR) is 233 cm³/mol. The van der Waals surface area contributed by atoms with E-state index in [9.17, 15) is 22.8 Å². The lowest BCUT2D eigenvalue weighted by Crippen LogP contribution is -2.65. The van der Waals surface area contributed by atoms with Crippen molar-refractivity contribution < 1.29 is 27.3 Å². The number of carbonyl (C=O) groups excluding carboxylic acids is 1. The molecule has 2 aliphatic heterocycles. The first-order valence-electron chi connectivity index (χ1n) is 21.7. The average Bonchev–Trinajstić information content (AvgIpc) is 3.78. The number of halogens is 4. The highest BCUT2D eigenvalue weighted by Crippen LogP contribution is 2.66. The van der Waals surface area contributed by atoms with E-state index in [1.807, 2.05) is 36.4 Å². The number of amides is 1. The molecule has 13 heteroatoms. The predicted octanol–water partition coefficient (Wildman–Crippen LogP) is 10.1. The summed E-state index contributed by atoms with van der Waals surface area (Å²) in [6.07, 6.45) is 4.20. The number of aromatic nitrogens is 2. The van der Waals surface area contributed by atoms with E-state index >= 15 is 0 Å². The van der Waals surface area contributed by atoms with Crippen LogP contribution in [0.15, 0.2) is 102 Å². The van der Waals surface area contributed by atoms with Gasteiger partial charge in [0.25, 0.3) is 5.56 Å². The Hall–Kier alpha value is -4.39. The van der Waals surface area contributed by atoms with Crippen LogP contribution in [0, 0.1) is 17.3 Å². The Kier molecular flexibility index (Phi) is 12.1. The van der Waals surface area contributed by atoms with Gasteiger partial charge in [-0.3, -0.25) is 14.2 Å². The summed E-state index contributed by atoms with van der Waals surface area (Å²) >= 11 is 7.20. The summed E-state index contributed by atoms with van der Waals surface area (Å²) in [5.74, 6) is -0.200. The van der Waals surface area contributed by atoms with Crippen LogP contribution in [0.4, 0.5) is 19.0 Å². The molecule has 9 rings (SSSR count). The maximum absolute atomic E-state index is 15.0. The molecule has 1 aromatic heterocycles. The molecular formula is C48H55BClF3N4O4. The number of anilines is 1. The van der Waals surface area contributed by atoms with Gasteiger partial charge >= 0.3 is 13.3 Å². The number of nitrogens with zero attached hydrogens (tertiary/aromatic N) is 2. The lowest BCUT2D eigenvalue weighted by molar-refractivity contribution is -0.199. The van der Waals surface area contributed by atoms with Gasteiger partial charge in [0.05, 0.1) is 28.9 Å². The fraction of sp³-hybridized carbons (Fsp3) is 0.479. The average molecular weight is 855 g/mol. The Bertz CT molecular complexity index is 2250. The summed E-state index contributed by atoms with van der Waals surface area (Å²) in [6.45, 7) is 10.6. The SMILES string of the molecule is C=CC[C@H](NC(=O)[C@@H]1CC(CCCc2ccccc2)(CCCc2ccccc2)c2c(Cl)nc(NCc3cccc(C(F)(F)F)c3)c(=O)n21)B1O[C@@H]2C[C@@H]3C[C@@H](C3(C)C)[C@]2(C)O1. The van der Waals surface area contributed by atoms with Gasteiger partial charge in [-0.05, 0) is 117 Å². The minimum absolute atomic E-state index is 0.0876. The number of alkyl halides is 3. The molecular weight excluding hydrogens is 800 g/mol. The Morgan fingerprint density at radius 2 is 1.62 bits per heavy atom. The quantitative estimate of drug-likeness (QED) is 0.0861. The molecule has 3 saturated carbocycles. The first kappa shape index (κ1) is 43.3.